The largest absolute Gasteiger partial charge is 0.398 e. The highest BCUT2D eigenvalue weighted by molar-refractivity contribution is 5.80. The Morgan fingerprint density at radius 1 is 1.32 bits per heavy atom. The van der Waals surface area contributed by atoms with Gasteiger partial charge in [0.05, 0.1) is 12.5 Å². The second kappa shape index (κ2) is 4.85. The van der Waals surface area contributed by atoms with E-state index >= 15 is 0 Å². The zero-order valence-corrected chi connectivity index (χ0v) is 11.0. The van der Waals surface area contributed by atoms with Crippen LogP contribution in [-0.2, 0) is 11.2 Å². The molecular weight excluding hydrogens is 240 g/mol. The molecule has 1 heterocycles. The number of rotatable bonds is 2. The van der Waals surface area contributed by atoms with E-state index in [1.54, 1.807) is 0 Å². The Balaban J connectivity index is 1.65. The van der Waals surface area contributed by atoms with Gasteiger partial charge < -0.3 is 15.7 Å². The Morgan fingerprint density at radius 2 is 2.11 bits per heavy atom. The number of benzene rings is 1. The normalized spacial score (nSPS) is 29.5. The van der Waals surface area contributed by atoms with Crippen LogP contribution in [0, 0.1) is 11.8 Å². The molecule has 3 unspecified atom stereocenters. The summed E-state index contributed by atoms with van der Waals surface area (Å²) in [4.78, 5) is 14.2. The van der Waals surface area contributed by atoms with Crippen molar-refractivity contribution in [3.05, 3.63) is 29.8 Å². The molecule has 1 saturated heterocycles. The quantitative estimate of drug-likeness (QED) is 0.781. The van der Waals surface area contributed by atoms with Gasteiger partial charge in [-0.3, -0.25) is 4.79 Å². The molecule has 3 N–H and O–H groups in total. The van der Waals surface area contributed by atoms with Crippen molar-refractivity contribution in [2.24, 2.45) is 11.8 Å². The second-order valence-corrected chi connectivity index (χ2v) is 5.74. The molecule has 1 aliphatic carbocycles. The van der Waals surface area contributed by atoms with Gasteiger partial charge in [0.25, 0.3) is 0 Å². The van der Waals surface area contributed by atoms with Gasteiger partial charge in [0.1, 0.15) is 0 Å². The lowest BCUT2D eigenvalue weighted by Crippen LogP contribution is -2.32. The minimum Gasteiger partial charge on any atom is -0.398 e. The first-order valence-electron chi connectivity index (χ1n) is 6.94. The Kier molecular flexibility index (Phi) is 3.19. The number of nitrogens with two attached hydrogens (primary N) is 1. The van der Waals surface area contributed by atoms with E-state index in [-0.39, 0.29) is 17.9 Å². The van der Waals surface area contributed by atoms with Gasteiger partial charge in [-0.2, -0.15) is 0 Å². The lowest BCUT2D eigenvalue weighted by molar-refractivity contribution is -0.129. The topological polar surface area (TPSA) is 66.6 Å². The van der Waals surface area contributed by atoms with Gasteiger partial charge in [-0.05, 0) is 30.4 Å². The fraction of sp³-hybridized carbons (Fsp3) is 0.533. The van der Waals surface area contributed by atoms with E-state index in [2.05, 4.69) is 0 Å². The van der Waals surface area contributed by atoms with Crippen molar-refractivity contribution in [3.8, 4) is 0 Å². The van der Waals surface area contributed by atoms with E-state index in [1.807, 2.05) is 29.2 Å². The fourth-order valence-electron chi connectivity index (χ4n) is 3.41. The zero-order chi connectivity index (χ0) is 13.4. The molecule has 1 aromatic carbocycles. The maximum absolute atomic E-state index is 12.3. The van der Waals surface area contributed by atoms with Crippen LogP contribution in [0.4, 0.5) is 5.69 Å². The van der Waals surface area contributed by atoms with Crippen molar-refractivity contribution in [1.82, 2.24) is 4.90 Å². The Hall–Kier alpha value is -1.55. The second-order valence-electron chi connectivity index (χ2n) is 5.74. The fourth-order valence-corrected chi connectivity index (χ4v) is 3.41. The number of aliphatic hydroxyl groups excluding tert-OH is 1. The summed E-state index contributed by atoms with van der Waals surface area (Å²) < 4.78 is 0. The molecular formula is C15H20N2O2. The maximum Gasteiger partial charge on any atom is 0.227 e. The van der Waals surface area contributed by atoms with Crippen LogP contribution in [0.25, 0.3) is 0 Å². The zero-order valence-electron chi connectivity index (χ0n) is 11.0. The molecule has 3 atom stereocenters. The molecule has 0 aromatic heterocycles. The van der Waals surface area contributed by atoms with Crippen LogP contribution in [-0.4, -0.2) is 35.1 Å². The number of carbonyl (C=O) groups excluding carboxylic acids is 1. The summed E-state index contributed by atoms with van der Waals surface area (Å²) in [5, 5.41) is 9.87. The summed E-state index contributed by atoms with van der Waals surface area (Å²) in [6.07, 6.45) is 2.08. The first-order chi connectivity index (χ1) is 9.15. The molecule has 0 radical (unpaired) electrons. The van der Waals surface area contributed by atoms with E-state index in [9.17, 15) is 9.90 Å². The molecule has 4 nitrogen and oxygen atoms in total. The highest BCUT2D eigenvalue weighted by Crippen LogP contribution is 2.38. The standard InChI is InChI=1S/C15H20N2O2/c16-13-4-2-1-3-10(13)7-15(19)17-8-11-5-6-14(18)12(11)9-17/h1-4,11-12,14,18H,5-9,16H2. The molecule has 0 bridgehead atoms. The van der Waals surface area contributed by atoms with Crippen molar-refractivity contribution in [2.45, 2.75) is 25.4 Å². The van der Waals surface area contributed by atoms with Crippen LogP contribution in [0.15, 0.2) is 24.3 Å². The number of aliphatic hydroxyl groups is 1. The number of anilines is 1. The number of nitrogens with zero attached hydrogens (tertiary/aromatic N) is 1. The van der Waals surface area contributed by atoms with Crippen molar-refractivity contribution < 1.29 is 9.90 Å². The molecule has 0 spiro atoms. The predicted molar refractivity (Wildman–Crippen MR) is 73.4 cm³/mol. The van der Waals surface area contributed by atoms with Gasteiger partial charge in [0.2, 0.25) is 5.91 Å². The van der Waals surface area contributed by atoms with E-state index < -0.39 is 0 Å². The highest BCUT2D eigenvalue weighted by atomic mass is 16.3. The van der Waals surface area contributed by atoms with Crippen LogP contribution in [0.3, 0.4) is 0 Å². The molecule has 19 heavy (non-hydrogen) atoms. The van der Waals surface area contributed by atoms with Gasteiger partial charge in [-0.1, -0.05) is 18.2 Å². The van der Waals surface area contributed by atoms with Gasteiger partial charge in [-0.25, -0.2) is 0 Å². The van der Waals surface area contributed by atoms with Gasteiger partial charge in [-0.15, -0.1) is 0 Å². The van der Waals surface area contributed by atoms with Crippen LogP contribution in [0.5, 0.6) is 0 Å². The van der Waals surface area contributed by atoms with Gasteiger partial charge in [0, 0.05) is 24.7 Å². The third kappa shape index (κ3) is 2.32. The lowest BCUT2D eigenvalue weighted by atomic mass is 10.00. The van der Waals surface area contributed by atoms with Gasteiger partial charge in [0.15, 0.2) is 0 Å². The molecule has 3 rings (SSSR count). The monoisotopic (exact) mass is 260 g/mol. The molecule has 1 aliphatic heterocycles. The molecule has 2 aliphatic rings. The van der Waals surface area contributed by atoms with E-state index in [4.69, 9.17) is 5.73 Å². The summed E-state index contributed by atoms with van der Waals surface area (Å²) >= 11 is 0. The highest BCUT2D eigenvalue weighted by Gasteiger charge is 2.43. The van der Waals surface area contributed by atoms with Crippen LogP contribution < -0.4 is 5.73 Å². The molecule has 1 saturated carbocycles. The number of hydrogen-bond donors (Lipinski definition) is 2. The van der Waals surface area contributed by atoms with E-state index in [0.717, 1.165) is 24.9 Å². The first kappa shape index (κ1) is 12.5. The summed E-state index contributed by atoms with van der Waals surface area (Å²) in [7, 11) is 0. The molecule has 2 fully saturated rings. The van der Waals surface area contributed by atoms with E-state index in [1.165, 1.54) is 0 Å². The molecule has 102 valence electrons. The van der Waals surface area contributed by atoms with Gasteiger partial charge >= 0.3 is 0 Å². The lowest BCUT2D eigenvalue weighted by Gasteiger charge is -2.19. The maximum atomic E-state index is 12.3. The predicted octanol–water partition coefficient (Wildman–Crippen LogP) is 1.04. The number of likely N-dealkylation sites (tertiary alicyclic amines) is 1. The minimum atomic E-state index is -0.218. The van der Waals surface area contributed by atoms with Crippen LogP contribution in [0.1, 0.15) is 18.4 Å². The number of para-hydroxylation sites is 1. The third-order valence-electron chi connectivity index (χ3n) is 4.57. The van der Waals surface area contributed by atoms with Crippen molar-refractivity contribution in [3.63, 3.8) is 0 Å². The first-order valence-corrected chi connectivity index (χ1v) is 6.94. The van der Waals surface area contributed by atoms with Crippen LogP contribution >= 0.6 is 0 Å². The van der Waals surface area contributed by atoms with Crippen LogP contribution in [0.2, 0.25) is 0 Å². The number of carbonyl (C=O) groups is 1. The summed E-state index contributed by atoms with van der Waals surface area (Å²) in [6, 6.07) is 7.51. The average molecular weight is 260 g/mol. The summed E-state index contributed by atoms with van der Waals surface area (Å²) in [5.41, 5.74) is 7.44. The molecule has 1 aromatic rings. The average Bonchev–Trinajstić information content (AvgIpc) is 2.95. The number of amides is 1. The third-order valence-corrected chi connectivity index (χ3v) is 4.57. The number of fused-ring (bicyclic) bond motifs is 1. The Labute approximate surface area is 113 Å². The summed E-state index contributed by atoms with van der Waals surface area (Å²) in [5.74, 6) is 0.906. The number of nitrogen functional groups attached to an aromatic ring is 1. The van der Waals surface area contributed by atoms with Crippen molar-refractivity contribution in [1.29, 1.82) is 0 Å². The smallest absolute Gasteiger partial charge is 0.227 e. The number of hydrogen-bond acceptors (Lipinski definition) is 3. The Bertz CT molecular complexity index is 489. The summed E-state index contributed by atoms with van der Waals surface area (Å²) in [6.45, 7) is 1.50. The van der Waals surface area contributed by atoms with Crippen molar-refractivity contribution in [2.75, 3.05) is 18.8 Å². The van der Waals surface area contributed by atoms with Crippen molar-refractivity contribution >= 4 is 11.6 Å². The van der Waals surface area contributed by atoms with E-state index in [0.29, 0.717) is 24.6 Å². The molecule has 1 amide bonds. The molecule has 4 heteroatoms. The Morgan fingerprint density at radius 3 is 2.84 bits per heavy atom. The minimum absolute atomic E-state index is 0.125. The SMILES string of the molecule is Nc1ccccc1CC(=O)N1CC2CCC(O)C2C1.